The zero-order chi connectivity index (χ0) is 10.7. The summed E-state index contributed by atoms with van der Waals surface area (Å²) in [5, 5.41) is 16.2. The van der Waals surface area contributed by atoms with E-state index in [-0.39, 0.29) is 5.84 Å². The van der Waals surface area contributed by atoms with Crippen molar-refractivity contribution in [1.29, 1.82) is 5.41 Å². The largest absolute Gasteiger partial charge is 0.290 e. The van der Waals surface area contributed by atoms with Crippen LogP contribution in [0.5, 0.6) is 0 Å². The van der Waals surface area contributed by atoms with Gasteiger partial charge in [0.25, 0.3) is 0 Å². The summed E-state index contributed by atoms with van der Waals surface area (Å²) in [5.41, 5.74) is 5.14. The number of amidine groups is 1. The normalized spacial score (nSPS) is 9.93. The Labute approximate surface area is 90.7 Å². The van der Waals surface area contributed by atoms with Crippen LogP contribution in [0.1, 0.15) is 4.88 Å². The quantitative estimate of drug-likeness (QED) is 0.411. The second kappa shape index (κ2) is 4.20. The summed E-state index contributed by atoms with van der Waals surface area (Å²) in [6, 6.07) is 9.58. The van der Waals surface area contributed by atoms with Gasteiger partial charge in [0.1, 0.15) is 0 Å². The lowest BCUT2D eigenvalue weighted by Gasteiger charge is -2.02. The summed E-state index contributed by atoms with van der Waals surface area (Å²) in [7, 11) is 0. The molecule has 0 fully saturated rings. The highest BCUT2D eigenvalue weighted by atomic mass is 32.1. The molecule has 1 heterocycles. The molecule has 76 valence electrons. The van der Waals surface area contributed by atoms with Crippen LogP contribution in [0.3, 0.4) is 0 Å². The van der Waals surface area contributed by atoms with Gasteiger partial charge in [-0.1, -0.05) is 30.3 Å². The first kappa shape index (κ1) is 9.82. The molecule has 2 aromatic rings. The van der Waals surface area contributed by atoms with Crippen molar-refractivity contribution >= 4 is 17.2 Å². The molecule has 0 atom stereocenters. The van der Waals surface area contributed by atoms with Crippen molar-refractivity contribution in [1.82, 2.24) is 10.5 Å². The zero-order valence-electron chi connectivity index (χ0n) is 7.77. The number of benzene rings is 1. The summed E-state index contributed by atoms with van der Waals surface area (Å²) in [6.07, 6.45) is 0. The van der Waals surface area contributed by atoms with Crippen molar-refractivity contribution in [2.24, 2.45) is 0 Å². The highest BCUT2D eigenvalue weighted by Crippen LogP contribution is 2.24. The molecular weight excluding hydrogens is 210 g/mol. The van der Waals surface area contributed by atoms with Crippen LogP contribution in [0.25, 0.3) is 11.3 Å². The molecule has 4 nitrogen and oxygen atoms in total. The third-order valence-corrected chi connectivity index (χ3v) is 2.80. The van der Waals surface area contributed by atoms with Crippen LogP contribution >= 0.6 is 11.3 Å². The van der Waals surface area contributed by atoms with Crippen molar-refractivity contribution in [3.63, 3.8) is 0 Å². The van der Waals surface area contributed by atoms with Crippen LogP contribution in [-0.2, 0) is 0 Å². The molecular formula is C10H9N3OS. The zero-order valence-corrected chi connectivity index (χ0v) is 8.58. The Balaban J connectivity index is 2.46. The van der Waals surface area contributed by atoms with E-state index in [9.17, 15) is 0 Å². The molecule has 0 unspecified atom stereocenters. The molecule has 1 aromatic carbocycles. The molecule has 1 aromatic heterocycles. The summed E-state index contributed by atoms with van der Waals surface area (Å²) >= 11 is 1.32. The molecule has 3 N–H and O–H groups in total. The lowest BCUT2D eigenvalue weighted by Crippen LogP contribution is -2.18. The van der Waals surface area contributed by atoms with E-state index >= 15 is 0 Å². The van der Waals surface area contributed by atoms with Gasteiger partial charge < -0.3 is 0 Å². The van der Waals surface area contributed by atoms with Crippen LogP contribution in [0.15, 0.2) is 35.8 Å². The summed E-state index contributed by atoms with van der Waals surface area (Å²) in [4.78, 5) is 4.81. The third kappa shape index (κ3) is 1.88. The minimum Gasteiger partial charge on any atom is -0.290 e. The van der Waals surface area contributed by atoms with E-state index in [4.69, 9.17) is 10.6 Å². The first-order valence-corrected chi connectivity index (χ1v) is 5.19. The van der Waals surface area contributed by atoms with Crippen LogP contribution in [0, 0.1) is 5.41 Å². The molecule has 0 amide bonds. The predicted octanol–water partition coefficient (Wildman–Crippen LogP) is 2.11. The summed E-state index contributed by atoms with van der Waals surface area (Å²) < 4.78 is 0. The van der Waals surface area contributed by atoms with E-state index in [1.165, 1.54) is 11.3 Å². The maximum Gasteiger partial charge on any atom is 0.161 e. The number of hydroxylamine groups is 1. The van der Waals surface area contributed by atoms with Crippen molar-refractivity contribution in [3.8, 4) is 11.3 Å². The molecule has 0 aliphatic carbocycles. The molecule has 0 radical (unpaired) electrons. The fourth-order valence-electron chi connectivity index (χ4n) is 1.28. The second-order valence-corrected chi connectivity index (χ2v) is 3.74. The van der Waals surface area contributed by atoms with E-state index < -0.39 is 0 Å². The lowest BCUT2D eigenvalue weighted by atomic mass is 10.1. The minimum absolute atomic E-state index is 0.0312. The average molecular weight is 219 g/mol. The second-order valence-electron chi connectivity index (χ2n) is 2.88. The van der Waals surface area contributed by atoms with E-state index in [0.717, 1.165) is 5.56 Å². The Kier molecular flexibility index (Phi) is 2.75. The third-order valence-electron chi connectivity index (χ3n) is 1.95. The highest BCUT2D eigenvalue weighted by molar-refractivity contribution is 7.12. The standard InChI is InChI=1S/C10H9N3OS/c11-10(13-14)9-8(12-6-15-9)7-4-2-1-3-5-7/h1-6,14H,(H2,11,13). The maximum absolute atomic E-state index is 8.68. The van der Waals surface area contributed by atoms with Crippen LogP contribution in [-0.4, -0.2) is 16.0 Å². The first-order chi connectivity index (χ1) is 7.33. The van der Waals surface area contributed by atoms with Crippen molar-refractivity contribution in [3.05, 3.63) is 40.7 Å². The van der Waals surface area contributed by atoms with Gasteiger partial charge >= 0.3 is 0 Å². The smallest absolute Gasteiger partial charge is 0.161 e. The monoisotopic (exact) mass is 219 g/mol. The number of nitrogens with one attached hydrogen (secondary N) is 2. The van der Waals surface area contributed by atoms with E-state index in [0.29, 0.717) is 10.6 Å². The van der Waals surface area contributed by atoms with Gasteiger partial charge in [-0.3, -0.25) is 16.1 Å². The molecule has 0 saturated heterocycles. The Hall–Kier alpha value is -1.72. The van der Waals surface area contributed by atoms with Crippen molar-refractivity contribution in [2.45, 2.75) is 0 Å². The fourth-order valence-corrected chi connectivity index (χ4v) is 1.99. The van der Waals surface area contributed by atoms with Crippen LogP contribution in [0.2, 0.25) is 0 Å². The Morgan fingerprint density at radius 2 is 2.07 bits per heavy atom. The van der Waals surface area contributed by atoms with E-state index in [1.807, 2.05) is 35.8 Å². The van der Waals surface area contributed by atoms with E-state index in [2.05, 4.69) is 4.98 Å². The summed E-state index contributed by atoms with van der Waals surface area (Å²) in [5.74, 6) is -0.0312. The van der Waals surface area contributed by atoms with Crippen molar-refractivity contribution < 1.29 is 5.21 Å². The first-order valence-electron chi connectivity index (χ1n) is 4.31. The van der Waals surface area contributed by atoms with Crippen LogP contribution in [0.4, 0.5) is 0 Å². The number of rotatable bonds is 2. The average Bonchev–Trinajstić information content (AvgIpc) is 2.78. The van der Waals surface area contributed by atoms with Gasteiger partial charge in [0, 0.05) is 5.56 Å². The van der Waals surface area contributed by atoms with Gasteiger partial charge in [-0.25, -0.2) is 4.98 Å². The number of hydrogen-bond donors (Lipinski definition) is 3. The molecule has 0 spiro atoms. The fraction of sp³-hybridized carbons (Fsp3) is 0. The Morgan fingerprint density at radius 1 is 1.33 bits per heavy atom. The van der Waals surface area contributed by atoms with Gasteiger partial charge in [0.15, 0.2) is 5.84 Å². The molecule has 0 aliphatic rings. The van der Waals surface area contributed by atoms with Gasteiger partial charge in [-0.2, -0.15) is 0 Å². The topological polar surface area (TPSA) is 69.0 Å². The van der Waals surface area contributed by atoms with Gasteiger partial charge in [-0.05, 0) is 0 Å². The van der Waals surface area contributed by atoms with Gasteiger partial charge in [0.05, 0.1) is 16.1 Å². The summed E-state index contributed by atoms with van der Waals surface area (Å²) in [6.45, 7) is 0. The number of nitrogens with zero attached hydrogens (tertiary/aromatic N) is 1. The molecule has 2 rings (SSSR count). The minimum atomic E-state index is -0.0312. The predicted molar refractivity (Wildman–Crippen MR) is 59.3 cm³/mol. The molecule has 0 bridgehead atoms. The maximum atomic E-state index is 8.68. The Morgan fingerprint density at radius 3 is 2.73 bits per heavy atom. The SMILES string of the molecule is N=C(NO)c1scnc1-c1ccccc1. The van der Waals surface area contributed by atoms with Gasteiger partial charge in [0.2, 0.25) is 0 Å². The molecule has 5 heteroatoms. The highest BCUT2D eigenvalue weighted by Gasteiger charge is 2.11. The van der Waals surface area contributed by atoms with E-state index in [1.54, 1.807) is 5.51 Å². The number of aromatic nitrogens is 1. The van der Waals surface area contributed by atoms with Crippen molar-refractivity contribution in [2.75, 3.05) is 0 Å². The van der Waals surface area contributed by atoms with Crippen LogP contribution < -0.4 is 5.48 Å². The number of hydrogen-bond acceptors (Lipinski definition) is 4. The Bertz CT molecular complexity index is 467. The molecule has 0 saturated carbocycles. The van der Waals surface area contributed by atoms with Gasteiger partial charge in [-0.15, -0.1) is 11.3 Å². The molecule has 15 heavy (non-hydrogen) atoms. The molecule has 0 aliphatic heterocycles. The lowest BCUT2D eigenvalue weighted by molar-refractivity contribution is 0.234. The number of thiazole rings is 1.